The minimum atomic E-state index is -1.14. The standard InChI is InChI=1S/C6H4ClFN2O2/c7-3-1-2-10-5(4(3)8)12-6(9)11/h1-2H,(H2,9,11). The maximum Gasteiger partial charge on any atom is 0.411 e. The molecule has 0 aliphatic rings. The minimum absolute atomic E-state index is 0.179. The van der Waals surface area contributed by atoms with Crippen molar-refractivity contribution in [3.63, 3.8) is 0 Å². The average molecular weight is 191 g/mol. The number of rotatable bonds is 1. The Bertz CT molecular complexity index is 318. The molecule has 0 unspecified atom stereocenters. The van der Waals surface area contributed by atoms with Gasteiger partial charge in [-0.2, -0.15) is 4.39 Å². The van der Waals surface area contributed by atoms with Crippen molar-refractivity contribution in [3.8, 4) is 5.88 Å². The van der Waals surface area contributed by atoms with Crippen LogP contribution in [0.4, 0.5) is 9.18 Å². The van der Waals surface area contributed by atoms with Gasteiger partial charge in [0.15, 0.2) is 0 Å². The minimum Gasteiger partial charge on any atom is -0.388 e. The molecular weight excluding hydrogens is 187 g/mol. The Morgan fingerprint density at radius 1 is 1.75 bits per heavy atom. The first-order chi connectivity index (χ1) is 5.61. The number of aromatic nitrogens is 1. The number of hydrogen-bond donors (Lipinski definition) is 1. The summed E-state index contributed by atoms with van der Waals surface area (Å²) in [5.74, 6) is -1.42. The lowest BCUT2D eigenvalue weighted by Gasteiger charge is -2.00. The second-order valence-corrected chi connectivity index (χ2v) is 2.24. The number of pyridine rings is 1. The number of halogens is 2. The fourth-order valence-corrected chi connectivity index (χ4v) is 0.706. The quantitative estimate of drug-likeness (QED) is 0.727. The molecular formula is C6H4ClFN2O2. The van der Waals surface area contributed by atoms with Gasteiger partial charge in [0.2, 0.25) is 5.82 Å². The summed E-state index contributed by atoms with van der Waals surface area (Å²) in [6, 6.07) is 1.23. The summed E-state index contributed by atoms with van der Waals surface area (Å²) in [7, 11) is 0. The zero-order chi connectivity index (χ0) is 9.14. The zero-order valence-corrected chi connectivity index (χ0v) is 6.51. The summed E-state index contributed by atoms with van der Waals surface area (Å²) >= 11 is 5.35. The molecule has 64 valence electrons. The van der Waals surface area contributed by atoms with Gasteiger partial charge in [-0.05, 0) is 6.07 Å². The van der Waals surface area contributed by atoms with Crippen molar-refractivity contribution >= 4 is 17.7 Å². The number of carbonyl (C=O) groups excluding carboxylic acids is 1. The molecule has 1 amide bonds. The topological polar surface area (TPSA) is 65.2 Å². The molecule has 0 saturated heterocycles. The maximum absolute atomic E-state index is 12.8. The van der Waals surface area contributed by atoms with Gasteiger partial charge in [-0.25, -0.2) is 9.78 Å². The second kappa shape index (κ2) is 3.36. The lowest BCUT2D eigenvalue weighted by Crippen LogP contribution is -2.17. The summed E-state index contributed by atoms with van der Waals surface area (Å²) in [6.45, 7) is 0. The SMILES string of the molecule is NC(=O)Oc1nccc(Cl)c1F. The molecule has 4 nitrogen and oxygen atoms in total. The first-order valence-corrected chi connectivity index (χ1v) is 3.26. The summed E-state index contributed by atoms with van der Waals surface area (Å²) in [5, 5.41) is -0.179. The van der Waals surface area contributed by atoms with E-state index in [1.165, 1.54) is 12.3 Å². The van der Waals surface area contributed by atoms with Gasteiger partial charge in [-0.15, -0.1) is 0 Å². The van der Waals surface area contributed by atoms with Crippen molar-refractivity contribution in [1.82, 2.24) is 4.98 Å². The molecule has 0 aliphatic carbocycles. The molecule has 1 aromatic rings. The van der Waals surface area contributed by atoms with Crippen LogP contribution >= 0.6 is 11.6 Å². The first-order valence-electron chi connectivity index (χ1n) is 2.88. The lowest BCUT2D eigenvalue weighted by atomic mass is 10.4. The Morgan fingerprint density at radius 3 is 3.00 bits per heavy atom. The molecule has 1 rings (SSSR count). The molecule has 0 fully saturated rings. The number of nitrogens with two attached hydrogens (primary N) is 1. The molecule has 1 aromatic heterocycles. The van der Waals surface area contributed by atoms with Crippen molar-refractivity contribution in [2.75, 3.05) is 0 Å². The third-order valence-electron chi connectivity index (χ3n) is 1.01. The third-order valence-corrected chi connectivity index (χ3v) is 1.30. The third kappa shape index (κ3) is 1.82. The molecule has 0 atom stereocenters. The van der Waals surface area contributed by atoms with E-state index in [1.807, 2.05) is 0 Å². The van der Waals surface area contributed by atoms with Crippen LogP contribution in [-0.2, 0) is 0 Å². The van der Waals surface area contributed by atoms with E-state index in [-0.39, 0.29) is 5.02 Å². The van der Waals surface area contributed by atoms with Crippen molar-refractivity contribution in [1.29, 1.82) is 0 Å². The zero-order valence-electron chi connectivity index (χ0n) is 5.75. The molecule has 1 heterocycles. The second-order valence-electron chi connectivity index (χ2n) is 1.83. The van der Waals surface area contributed by atoms with Gasteiger partial charge in [0, 0.05) is 6.20 Å². The maximum atomic E-state index is 12.8. The predicted octanol–water partition coefficient (Wildman–Crippen LogP) is 1.33. The van der Waals surface area contributed by atoms with Crippen LogP contribution in [0.15, 0.2) is 12.3 Å². The van der Waals surface area contributed by atoms with Crippen LogP contribution in [0.1, 0.15) is 0 Å². The van der Waals surface area contributed by atoms with Gasteiger partial charge in [-0.3, -0.25) is 0 Å². The molecule has 0 aliphatic heterocycles. The van der Waals surface area contributed by atoms with Gasteiger partial charge in [-0.1, -0.05) is 11.6 Å². The molecule has 0 saturated carbocycles. The van der Waals surface area contributed by atoms with Gasteiger partial charge >= 0.3 is 6.09 Å². The predicted molar refractivity (Wildman–Crippen MR) is 39.4 cm³/mol. The van der Waals surface area contributed by atoms with Crippen LogP contribution in [0.5, 0.6) is 5.88 Å². The summed E-state index contributed by atoms with van der Waals surface area (Å²) in [5.41, 5.74) is 4.63. The highest BCUT2D eigenvalue weighted by Gasteiger charge is 2.10. The Hall–Kier alpha value is -1.36. The van der Waals surface area contributed by atoms with Gasteiger partial charge in [0.25, 0.3) is 5.88 Å². The van der Waals surface area contributed by atoms with E-state index in [9.17, 15) is 9.18 Å². The Morgan fingerprint density at radius 2 is 2.42 bits per heavy atom. The van der Waals surface area contributed by atoms with Crippen LogP contribution in [0.3, 0.4) is 0 Å². The monoisotopic (exact) mass is 190 g/mol. The van der Waals surface area contributed by atoms with E-state index in [0.717, 1.165) is 0 Å². The normalized spacial score (nSPS) is 9.50. The first kappa shape index (κ1) is 8.73. The van der Waals surface area contributed by atoms with Crippen molar-refractivity contribution in [3.05, 3.63) is 23.1 Å². The van der Waals surface area contributed by atoms with Crippen LogP contribution < -0.4 is 10.5 Å². The van der Waals surface area contributed by atoms with E-state index in [2.05, 4.69) is 15.5 Å². The average Bonchev–Trinajstić information content (AvgIpc) is 1.98. The Balaban J connectivity index is 3.00. The highest BCUT2D eigenvalue weighted by Crippen LogP contribution is 2.20. The Labute approximate surface area is 72.1 Å². The van der Waals surface area contributed by atoms with Crippen LogP contribution in [0, 0.1) is 5.82 Å². The van der Waals surface area contributed by atoms with Crippen molar-refractivity contribution < 1.29 is 13.9 Å². The van der Waals surface area contributed by atoms with Gasteiger partial charge in [0.05, 0.1) is 5.02 Å². The van der Waals surface area contributed by atoms with Crippen molar-refractivity contribution in [2.45, 2.75) is 0 Å². The molecule has 2 N–H and O–H groups in total. The van der Waals surface area contributed by atoms with Crippen molar-refractivity contribution in [2.24, 2.45) is 5.73 Å². The van der Waals surface area contributed by atoms with E-state index < -0.39 is 17.8 Å². The summed E-state index contributed by atoms with van der Waals surface area (Å²) < 4.78 is 17.0. The molecule has 0 radical (unpaired) electrons. The number of ether oxygens (including phenoxy) is 1. The van der Waals surface area contributed by atoms with Crippen LogP contribution in [0.2, 0.25) is 5.02 Å². The number of hydrogen-bond acceptors (Lipinski definition) is 3. The van der Waals surface area contributed by atoms with E-state index in [4.69, 9.17) is 11.6 Å². The largest absolute Gasteiger partial charge is 0.411 e. The fraction of sp³-hybridized carbons (Fsp3) is 0. The number of amides is 1. The summed E-state index contributed by atoms with van der Waals surface area (Å²) in [6.07, 6.45) is 0.0626. The van der Waals surface area contributed by atoms with E-state index in [0.29, 0.717) is 0 Å². The fourth-order valence-electron chi connectivity index (χ4n) is 0.569. The van der Waals surface area contributed by atoms with E-state index in [1.54, 1.807) is 0 Å². The lowest BCUT2D eigenvalue weighted by molar-refractivity contribution is 0.206. The van der Waals surface area contributed by atoms with Gasteiger partial charge < -0.3 is 10.5 Å². The number of carbonyl (C=O) groups is 1. The van der Waals surface area contributed by atoms with Crippen LogP contribution in [-0.4, -0.2) is 11.1 Å². The molecule has 0 spiro atoms. The molecule has 6 heteroatoms. The number of primary amides is 1. The van der Waals surface area contributed by atoms with E-state index >= 15 is 0 Å². The Kier molecular flexibility index (Phi) is 2.44. The number of nitrogens with zero attached hydrogens (tertiary/aromatic N) is 1. The highest BCUT2D eigenvalue weighted by atomic mass is 35.5. The molecule has 0 bridgehead atoms. The van der Waals surface area contributed by atoms with Gasteiger partial charge in [0.1, 0.15) is 0 Å². The smallest absolute Gasteiger partial charge is 0.388 e. The summed E-state index contributed by atoms with van der Waals surface area (Å²) in [4.78, 5) is 13.6. The van der Waals surface area contributed by atoms with Crippen LogP contribution in [0.25, 0.3) is 0 Å². The molecule has 12 heavy (non-hydrogen) atoms. The highest BCUT2D eigenvalue weighted by molar-refractivity contribution is 6.30. The molecule has 0 aromatic carbocycles.